The molecular weight excluding hydrogens is 415 g/mol. The number of piperidine rings is 1. The Labute approximate surface area is 184 Å². The molecule has 31 heavy (non-hydrogen) atoms. The van der Waals surface area contributed by atoms with Gasteiger partial charge in [-0.3, -0.25) is 4.79 Å². The van der Waals surface area contributed by atoms with Crippen LogP contribution in [0.4, 0.5) is 4.39 Å². The molecule has 0 bridgehead atoms. The van der Waals surface area contributed by atoms with Crippen LogP contribution in [0.2, 0.25) is 0 Å². The van der Waals surface area contributed by atoms with Crippen LogP contribution in [0, 0.1) is 11.7 Å². The Kier molecular flexibility index (Phi) is 8.60. The van der Waals surface area contributed by atoms with Gasteiger partial charge in [0, 0.05) is 19.6 Å². The number of hydrogen-bond acceptors (Lipinski definition) is 3. The van der Waals surface area contributed by atoms with E-state index in [9.17, 15) is 17.6 Å². The van der Waals surface area contributed by atoms with Gasteiger partial charge >= 0.3 is 0 Å². The molecule has 168 valence electrons. The normalized spacial score (nSPS) is 17.4. The number of rotatable bonds is 10. The van der Waals surface area contributed by atoms with Crippen molar-refractivity contribution in [2.75, 3.05) is 25.4 Å². The van der Waals surface area contributed by atoms with Gasteiger partial charge in [0.25, 0.3) is 0 Å². The number of hydrogen-bond donors (Lipinski definition) is 1. The van der Waals surface area contributed by atoms with E-state index in [0.29, 0.717) is 32.4 Å². The van der Waals surface area contributed by atoms with Crippen molar-refractivity contribution >= 4 is 15.9 Å². The van der Waals surface area contributed by atoms with Crippen LogP contribution in [0.15, 0.2) is 54.6 Å². The number of aryl methyl sites for hydroxylation is 2. The van der Waals surface area contributed by atoms with Crippen molar-refractivity contribution in [2.45, 2.75) is 38.5 Å². The van der Waals surface area contributed by atoms with E-state index in [1.165, 1.54) is 16.4 Å². The number of amides is 1. The maximum Gasteiger partial charge on any atom is 0.224 e. The molecule has 1 atom stereocenters. The van der Waals surface area contributed by atoms with Crippen molar-refractivity contribution in [3.63, 3.8) is 0 Å². The van der Waals surface area contributed by atoms with E-state index in [-0.39, 0.29) is 29.9 Å². The third-order valence-corrected chi connectivity index (χ3v) is 7.64. The summed E-state index contributed by atoms with van der Waals surface area (Å²) in [6, 6.07) is 16.2. The monoisotopic (exact) mass is 446 g/mol. The van der Waals surface area contributed by atoms with Crippen molar-refractivity contribution in [1.82, 2.24) is 9.62 Å². The molecule has 1 amide bonds. The Balaban J connectivity index is 1.40. The first-order valence-electron chi connectivity index (χ1n) is 11.0. The maximum absolute atomic E-state index is 12.9. The van der Waals surface area contributed by atoms with E-state index in [0.717, 1.165) is 30.4 Å². The summed E-state index contributed by atoms with van der Waals surface area (Å²) >= 11 is 0. The predicted octanol–water partition coefficient (Wildman–Crippen LogP) is 3.55. The topological polar surface area (TPSA) is 66.5 Å². The minimum absolute atomic E-state index is 0.0803. The van der Waals surface area contributed by atoms with Crippen LogP contribution >= 0.6 is 0 Å². The zero-order chi connectivity index (χ0) is 22.1. The second-order valence-corrected chi connectivity index (χ2v) is 10.2. The van der Waals surface area contributed by atoms with Gasteiger partial charge in [0.05, 0.1) is 11.7 Å². The second-order valence-electron chi connectivity index (χ2n) is 8.12. The molecule has 1 fully saturated rings. The number of benzene rings is 2. The average molecular weight is 447 g/mol. The first-order chi connectivity index (χ1) is 14.9. The molecule has 0 saturated carbocycles. The van der Waals surface area contributed by atoms with Crippen LogP contribution in [-0.4, -0.2) is 44.0 Å². The van der Waals surface area contributed by atoms with Gasteiger partial charge in [-0.15, -0.1) is 0 Å². The summed E-state index contributed by atoms with van der Waals surface area (Å²) in [5.41, 5.74) is 2.16. The summed E-state index contributed by atoms with van der Waals surface area (Å²) in [5.74, 6) is -0.533. The third kappa shape index (κ3) is 7.43. The Morgan fingerprint density at radius 1 is 1.00 bits per heavy atom. The summed E-state index contributed by atoms with van der Waals surface area (Å²) in [6.07, 6.45) is 4.22. The second kappa shape index (κ2) is 11.4. The molecule has 1 heterocycles. The average Bonchev–Trinajstić information content (AvgIpc) is 2.78. The minimum Gasteiger partial charge on any atom is -0.356 e. The fraction of sp³-hybridized carbons (Fsp3) is 0.458. The standard InChI is InChI=1S/C24H31FN2O3S/c25-23-14-12-21(13-15-23)9-4-16-26-24(28)22-11-5-17-27(19-22)31(29,30)18-6-10-20-7-2-1-3-8-20/h1-3,7-8,12-15,22H,4-6,9-11,16-19H2,(H,26,28)/t22-/m1/s1. The number of carbonyl (C=O) groups is 1. The molecule has 1 N–H and O–H groups in total. The SMILES string of the molecule is O=C(NCCCc1ccc(F)cc1)[C@@H]1CCCN(S(=O)(=O)CCCc2ccccc2)C1. The van der Waals surface area contributed by atoms with Gasteiger partial charge in [-0.2, -0.15) is 0 Å². The molecule has 1 aliphatic heterocycles. The van der Waals surface area contributed by atoms with Gasteiger partial charge in [0.2, 0.25) is 15.9 Å². The summed E-state index contributed by atoms with van der Waals surface area (Å²) in [6.45, 7) is 1.27. The maximum atomic E-state index is 12.9. The van der Waals surface area contributed by atoms with E-state index in [2.05, 4.69) is 5.32 Å². The van der Waals surface area contributed by atoms with E-state index in [1.807, 2.05) is 30.3 Å². The van der Waals surface area contributed by atoms with Crippen LogP contribution in [0.5, 0.6) is 0 Å². The van der Waals surface area contributed by atoms with Crippen LogP contribution in [0.3, 0.4) is 0 Å². The summed E-state index contributed by atoms with van der Waals surface area (Å²) in [4.78, 5) is 12.5. The third-order valence-electron chi connectivity index (χ3n) is 5.71. The van der Waals surface area contributed by atoms with Crippen molar-refractivity contribution in [2.24, 2.45) is 5.92 Å². The van der Waals surface area contributed by atoms with Crippen molar-refractivity contribution in [3.05, 3.63) is 71.5 Å². The van der Waals surface area contributed by atoms with E-state index in [1.54, 1.807) is 12.1 Å². The lowest BCUT2D eigenvalue weighted by Crippen LogP contribution is -2.46. The van der Waals surface area contributed by atoms with Gasteiger partial charge in [0.15, 0.2) is 0 Å². The van der Waals surface area contributed by atoms with Gasteiger partial charge in [-0.25, -0.2) is 17.1 Å². The summed E-state index contributed by atoms with van der Waals surface area (Å²) < 4.78 is 39.9. The zero-order valence-corrected chi connectivity index (χ0v) is 18.6. The zero-order valence-electron chi connectivity index (χ0n) is 17.8. The molecule has 2 aromatic carbocycles. The van der Waals surface area contributed by atoms with Crippen LogP contribution in [-0.2, 0) is 27.7 Å². The van der Waals surface area contributed by atoms with Crippen molar-refractivity contribution in [3.8, 4) is 0 Å². The van der Waals surface area contributed by atoms with E-state index >= 15 is 0 Å². The summed E-state index contributed by atoms with van der Waals surface area (Å²) in [5, 5.41) is 2.94. The Morgan fingerprint density at radius 3 is 2.42 bits per heavy atom. The quantitative estimate of drug-likeness (QED) is 0.568. The highest BCUT2D eigenvalue weighted by Crippen LogP contribution is 2.20. The lowest BCUT2D eigenvalue weighted by atomic mass is 9.99. The molecule has 0 aliphatic carbocycles. The molecule has 0 aromatic heterocycles. The molecule has 0 radical (unpaired) electrons. The molecular formula is C24H31FN2O3S. The summed E-state index contributed by atoms with van der Waals surface area (Å²) in [7, 11) is -3.36. The molecule has 0 spiro atoms. The predicted molar refractivity (Wildman–Crippen MR) is 121 cm³/mol. The van der Waals surface area contributed by atoms with Crippen LogP contribution in [0.1, 0.15) is 36.8 Å². The highest BCUT2D eigenvalue weighted by molar-refractivity contribution is 7.89. The highest BCUT2D eigenvalue weighted by Gasteiger charge is 2.31. The van der Waals surface area contributed by atoms with Gasteiger partial charge in [0.1, 0.15) is 5.82 Å². The van der Waals surface area contributed by atoms with Gasteiger partial charge in [-0.1, -0.05) is 42.5 Å². The number of nitrogens with zero attached hydrogens (tertiary/aromatic N) is 1. The van der Waals surface area contributed by atoms with E-state index < -0.39 is 10.0 Å². The van der Waals surface area contributed by atoms with Gasteiger partial charge < -0.3 is 5.32 Å². The van der Waals surface area contributed by atoms with Crippen molar-refractivity contribution in [1.29, 1.82) is 0 Å². The fourth-order valence-corrected chi connectivity index (χ4v) is 5.52. The van der Waals surface area contributed by atoms with Crippen molar-refractivity contribution < 1.29 is 17.6 Å². The number of carbonyl (C=O) groups excluding carboxylic acids is 1. The number of nitrogens with one attached hydrogen (secondary N) is 1. The number of sulfonamides is 1. The molecule has 0 unspecified atom stereocenters. The lowest BCUT2D eigenvalue weighted by molar-refractivity contribution is -0.126. The van der Waals surface area contributed by atoms with Gasteiger partial charge in [-0.05, 0) is 61.8 Å². The van der Waals surface area contributed by atoms with E-state index in [4.69, 9.17) is 0 Å². The van der Waals surface area contributed by atoms with Crippen LogP contribution < -0.4 is 5.32 Å². The smallest absolute Gasteiger partial charge is 0.224 e. The Bertz CT molecular complexity index is 933. The highest BCUT2D eigenvalue weighted by atomic mass is 32.2. The molecule has 1 saturated heterocycles. The largest absolute Gasteiger partial charge is 0.356 e. The minimum atomic E-state index is -3.36. The molecule has 7 heteroatoms. The molecule has 3 rings (SSSR count). The first kappa shape index (κ1) is 23.4. The number of halogens is 1. The lowest BCUT2D eigenvalue weighted by Gasteiger charge is -2.31. The van der Waals surface area contributed by atoms with Crippen LogP contribution in [0.25, 0.3) is 0 Å². The molecule has 1 aliphatic rings. The Morgan fingerprint density at radius 2 is 1.68 bits per heavy atom. The fourth-order valence-electron chi connectivity index (χ4n) is 3.94. The molecule has 5 nitrogen and oxygen atoms in total. The Hall–Kier alpha value is -2.25. The molecule has 2 aromatic rings. The first-order valence-corrected chi connectivity index (χ1v) is 12.6.